The van der Waals surface area contributed by atoms with Crippen molar-refractivity contribution in [1.82, 2.24) is 4.90 Å². The zero-order valence-electron chi connectivity index (χ0n) is 10.7. The molecule has 1 aliphatic rings. The molecule has 2 unspecified atom stereocenters. The van der Waals surface area contributed by atoms with Gasteiger partial charge in [-0.2, -0.15) is 0 Å². The Hall–Kier alpha value is -0.120. The highest BCUT2D eigenvalue weighted by atomic mass is 16.6. The molecule has 1 heterocycles. The smallest absolute Gasteiger partial charge is 0.0961 e. The molecule has 0 aromatic carbocycles. The fourth-order valence-electron chi connectivity index (χ4n) is 2.51. The zero-order valence-corrected chi connectivity index (χ0v) is 10.7. The number of hydrogen-bond donors (Lipinski definition) is 0. The molecule has 15 heavy (non-hydrogen) atoms. The molecule has 90 valence electrons. The summed E-state index contributed by atoms with van der Waals surface area (Å²) in [6.07, 6.45) is 0.226. The van der Waals surface area contributed by atoms with Crippen LogP contribution in [0.15, 0.2) is 0 Å². The molecule has 1 fully saturated rings. The Morgan fingerprint density at radius 1 is 1.00 bits per heavy atom. The normalized spacial score (nSPS) is 25.2. The molecular weight excluding hydrogens is 190 g/mol. The summed E-state index contributed by atoms with van der Waals surface area (Å²) in [4.78, 5) is 2.49. The monoisotopic (exact) mass is 215 g/mol. The first-order valence-corrected chi connectivity index (χ1v) is 6.00. The molecule has 0 bridgehead atoms. The lowest BCUT2D eigenvalue weighted by molar-refractivity contribution is -0.123. The topological polar surface area (TPSA) is 21.7 Å². The lowest BCUT2D eigenvalue weighted by atomic mass is 10.1. The van der Waals surface area contributed by atoms with E-state index >= 15 is 0 Å². The van der Waals surface area contributed by atoms with E-state index < -0.39 is 0 Å². The van der Waals surface area contributed by atoms with E-state index in [9.17, 15) is 0 Å². The van der Waals surface area contributed by atoms with Crippen LogP contribution < -0.4 is 0 Å². The molecule has 1 saturated heterocycles. The van der Waals surface area contributed by atoms with Gasteiger partial charge < -0.3 is 9.47 Å². The Morgan fingerprint density at radius 3 is 2.00 bits per heavy atom. The lowest BCUT2D eigenvalue weighted by Crippen LogP contribution is -2.52. The summed E-state index contributed by atoms with van der Waals surface area (Å²) in [5.74, 6) is 0. The second-order valence-electron chi connectivity index (χ2n) is 4.86. The van der Waals surface area contributed by atoms with Gasteiger partial charge in [-0.15, -0.1) is 0 Å². The molecule has 3 heteroatoms. The molecule has 0 aliphatic carbocycles. The van der Waals surface area contributed by atoms with E-state index in [4.69, 9.17) is 9.47 Å². The van der Waals surface area contributed by atoms with Crippen molar-refractivity contribution in [3.05, 3.63) is 0 Å². The highest BCUT2D eigenvalue weighted by Gasteiger charge is 2.29. The van der Waals surface area contributed by atoms with E-state index in [1.54, 1.807) is 0 Å². The molecule has 0 spiro atoms. The van der Waals surface area contributed by atoms with Crippen LogP contribution in [0.2, 0.25) is 0 Å². The van der Waals surface area contributed by atoms with Gasteiger partial charge in [-0.1, -0.05) is 0 Å². The van der Waals surface area contributed by atoms with Crippen molar-refractivity contribution in [2.24, 2.45) is 0 Å². The first kappa shape index (κ1) is 12.9. The van der Waals surface area contributed by atoms with Gasteiger partial charge in [0, 0.05) is 18.1 Å². The third kappa shape index (κ3) is 3.44. The first-order valence-electron chi connectivity index (χ1n) is 6.00. The fraction of sp³-hybridized carbons (Fsp3) is 1.00. The van der Waals surface area contributed by atoms with Gasteiger partial charge in [0.05, 0.1) is 25.9 Å². The highest BCUT2D eigenvalue weighted by molar-refractivity contribution is 4.82. The Bertz CT molecular complexity index is 168. The van der Waals surface area contributed by atoms with Gasteiger partial charge in [0.25, 0.3) is 0 Å². The molecule has 0 saturated carbocycles. The minimum absolute atomic E-state index is 0.226. The van der Waals surface area contributed by atoms with Crippen LogP contribution in [0.3, 0.4) is 0 Å². The van der Waals surface area contributed by atoms with E-state index in [0.717, 1.165) is 19.8 Å². The third-order valence-corrected chi connectivity index (χ3v) is 3.04. The Labute approximate surface area is 93.7 Å². The van der Waals surface area contributed by atoms with Crippen LogP contribution in [0.4, 0.5) is 0 Å². The van der Waals surface area contributed by atoms with Gasteiger partial charge >= 0.3 is 0 Å². The van der Waals surface area contributed by atoms with E-state index in [-0.39, 0.29) is 6.10 Å². The van der Waals surface area contributed by atoms with Crippen molar-refractivity contribution >= 4 is 0 Å². The van der Waals surface area contributed by atoms with Crippen molar-refractivity contribution in [3.8, 4) is 0 Å². The molecule has 0 N–H and O–H groups in total. The van der Waals surface area contributed by atoms with Crippen LogP contribution in [-0.4, -0.2) is 49.0 Å². The molecule has 1 rings (SSSR count). The van der Waals surface area contributed by atoms with Crippen molar-refractivity contribution in [2.45, 2.75) is 58.8 Å². The van der Waals surface area contributed by atoms with Gasteiger partial charge in [0.1, 0.15) is 0 Å². The second-order valence-corrected chi connectivity index (χ2v) is 4.86. The number of nitrogens with zero attached hydrogens (tertiary/aromatic N) is 1. The third-order valence-electron chi connectivity index (χ3n) is 3.04. The predicted octanol–water partition coefficient (Wildman–Crippen LogP) is 1.91. The van der Waals surface area contributed by atoms with Gasteiger partial charge in [-0.3, -0.25) is 4.90 Å². The molecular formula is C12H25NO2. The Balaban J connectivity index is 2.57. The van der Waals surface area contributed by atoms with Gasteiger partial charge in [-0.05, 0) is 34.6 Å². The second kappa shape index (κ2) is 5.83. The Morgan fingerprint density at radius 2 is 1.60 bits per heavy atom. The quantitative estimate of drug-likeness (QED) is 0.715. The van der Waals surface area contributed by atoms with Gasteiger partial charge in [0.2, 0.25) is 0 Å². The number of hydrogen-bond acceptors (Lipinski definition) is 3. The SMILES string of the molecule is CC(C)N(C(C)C)C(C)C1COCCO1. The van der Waals surface area contributed by atoms with E-state index in [0.29, 0.717) is 18.1 Å². The van der Waals surface area contributed by atoms with Crippen molar-refractivity contribution in [2.75, 3.05) is 19.8 Å². The summed E-state index contributed by atoms with van der Waals surface area (Å²) in [6.45, 7) is 13.4. The van der Waals surface area contributed by atoms with E-state index in [1.807, 2.05) is 0 Å². The van der Waals surface area contributed by atoms with Crippen LogP contribution in [0.25, 0.3) is 0 Å². The first-order chi connectivity index (χ1) is 7.04. The van der Waals surface area contributed by atoms with Crippen LogP contribution in [0.5, 0.6) is 0 Å². The maximum Gasteiger partial charge on any atom is 0.0961 e. The maximum atomic E-state index is 5.75. The molecule has 2 atom stereocenters. The largest absolute Gasteiger partial charge is 0.376 e. The molecule has 3 nitrogen and oxygen atoms in total. The zero-order chi connectivity index (χ0) is 11.4. The molecule has 0 amide bonds. The van der Waals surface area contributed by atoms with Crippen LogP contribution in [0, 0.1) is 0 Å². The van der Waals surface area contributed by atoms with Crippen molar-refractivity contribution in [3.63, 3.8) is 0 Å². The standard InChI is InChI=1S/C12H25NO2/c1-9(2)13(10(3)4)11(5)12-8-14-6-7-15-12/h9-12H,6-8H2,1-5H3. The maximum absolute atomic E-state index is 5.75. The van der Waals surface area contributed by atoms with Crippen molar-refractivity contribution < 1.29 is 9.47 Å². The highest BCUT2D eigenvalue weighted by Crippen LogP contribution is 2.17. The average Bonchev–Trinajstić information content (AvgIpc) is 2.18. The molecule has 1 aliphatic heterocycles. The summed E-state index contributed by atoms with van der Waals surface area (Å²) in [5.41, 5.74) is 0. The minimum atomic E-state index is 0.226. The predicted molar refractivity (Wildman–Crippen MR) is 62.1 cm³/mol. The van der Waals surface area contributed by atoms with Crippen LogP contribution in [0.1, 0.15) is 34.6 Å². The fourth-order valence-corrected chi connectivity index (χ4v) is 2.51. The van der Waals surface area contributed by atoms with E-state index in [2.05, 4.69) is 39.5 Å². The number of rotatable bonds is 4. The average molecular weight is 215 g/mol. The summed E-state index contributed by atoms with van der Waals surface area (Å²) in [6, 6.07) is 1.52. The molecule has 0 aromatic heterocycles. The number of ether oxygens (including phenoxy) is 2. The summed E-state index contributed by atoms with van der Waals surface area (Å²) >= 11 is 0. The minimum Gasteiger partial charge on any atom is -0.376 e. The Kier molecular flexibility index (Phi) is 5.03. The van der Waals surface area contributed by atoms with Gasteiger partial charge in [-0.25, -0.2) is 0 Å². The summed E-state index contributed by atoms with van der Waals surface area (Å²) in [5, 5.41) is 0. The van der Waals surface area contributed by atoms with E-state index in [1.165, 1.54) is 0 Å². The van der Waals surface area contributed by atoms with Crippen LogP contribution in [-0.2, 0) is 9.47 Å². The van der Waals surface area contributed by atoms with Crippen LogP contribution >= 0.6 is 0 Å². The summed E-state index contributed by atoms with van der Waals surface area (Å²) < 4.78 is 11.2. The summed E-state index contributed by atoms with van der Waals surface area (Å²) in [7, 11) is 0. The molecule has 0 radical (unpaired) electrons. The van der Waals surface area contributed by atoms with Gasteiger partial charge in [0.15, 0.2) is 0 Å². The molecule has 0 aromatic rings. The van der Waals surface area contributed by atoms with Crippen molar-refractivity contribution in [1.29, 1.82) is 0 Å². The lowest BCUT2D eigenvalue weighted by Gasteiger charge is -2.41.